The molecular weight excluding hydrogens is 423 g/mol. The monoisotopic (exact) mass is 444 g/mol. The second kappa shape index (κ2) is 7.94. The predicted octanol–water partition coefficient (Wildman–Crippen LogP) is 3.34. The first kappa shape index (κ1) is 21.0. The number of hydrogen-bond acceptors (Lipinski definition) is 5. The number of carbonyl (C=O) groups excluding carboxylic acids is 3. The molecule has 3 aromatic carbocycles. The Kier molecular flexibility index (Phi) is 5.06. The van der Waals surface area contributed by atoms with E-state index in [0.717, 1.165) is 4.90 Å². The van der Waals surface area contributed by atoms with Gasteiger partial charge in [-0.25, -0.2) is 14.1 Å². The van der Waals surface area contributed by atoms with Crippen LogP contribution in [0.25, 0.3) is 0 Å². The largest absolute Gasteiger partial charge is 0.467 e. The lowest BCUT2D eigenvalue weighted by molar-refractivity contribution is -0.152. The van der Waals surface area contributed by atoms with Crippen LogP contribution in [0.1, 0.15) is 17.2 Å². The molecule has 0 bridgehead atoms. The molecule has 33 heavy (non-hydrogen) atoms. The maximum Gasteiger partial charge on any atom is 0.331 e. The van der Waals surface area contributed by atoms with E-state index in [9.17, 15) is 18.8 Å². The molecule has 2 aliphatic heterocycles. The van der Waals surface area contributed by atoms with Crippen molar-refractivity contribution in [2.75, 3.05) is 12.0 Å². The topological polar surface area (TPSA) is 75.7 Å². The van der Waals surface area contributed by atoms with Gasteiger partial charge in [0.25, 0.3) is 0 Å². The van der Waals surface area contributed by atoms with E-state index in [1.807, 2.05) is 0 Å². The second-order valence-electron chi connectivity index (χ2n) is 8.16. The molecule has 0 aliphatic carbocycles. The number of imide groups is 1. The van der Waals surface area contributed by atoms with Gasteiger partial charge in [0.2, 0.25) is 11.8 Å². The highest BCUT2D eigenvalue weighted by Gasteiger charge is 2.69. The molecule has 4 unspecified atom stereocenters. The van der Waals surface area contributed by atoms with Gasteiger partial charge in [0.05, 0.1) is 24.6 Å². The third kappa shape index (κ3) is 3.00. The maximum absolute atomic E-state index is 14.9. The fourth-order valence-corrected chi connectivity index (χ4v) is 5.17. The number of para-hydroxylation sites is 1. The van der Waals surface area contributed by atoms with Gasteiger partial charge in [0.1, 0.15) is 5.82 Å². The molecular formula is C26H21FN2O4. The molecule has 4 atom stereocenters. The van der Waals surface area contributed by atoms with Crippen LogP contribution in [0.4, 0.5) is 10.1 Å². The van der Waals surface area contributed by atoms with Crippen LogP contribution in [-0.2, 0) is 24.7 Å². The first-order valence-corrected chi connectivity index (χ1v) is 10.6. The van der Waals surface area contributed by atoms with Crippen LogP contribution in [0, 0.1) is 17.7 Å². The van der Waals surface area contributed by atoms with E-state index in [-0.39, 0.29) is 5.56 Å². The van der Waals surface area contributed by atoms with Gasteiger partial charge >= 0.3 is 5.97 Å². The summed E-state index contributed by atoms with van der Waals surface area (Å²) >= 11 is 0. The zero-order valence-electron chi connectivity index (χ0n) is 17.8. The first-order chi connectivity index (χ1) is 16.0. The third-order valence-corrected chi connectivity index (χ3v) is 6.55. The van der Waals surface area contributed by atoms with Gasteiger partial charge in [-0.2, -0.15) is 0 Å². The fraction of sp³-hybridized carbons (Fsp3) is 0.192. The predicted molar refractivity (Wildman–Crippen MR) is 118 cm³/mol. The van der Waals surface area contributed by atoms with Gasteiger partial charge in [0.15, 0.2) is 5.54 Å². The number of halogens is 1. The van der Waals surface area contributed by atoms with Crippen molar-refractivity contribution in [3.8, 4) is 0 Å². The molecule has 0 radical (unpaired) electrons. The Morgan fingerprint density at radius 1 is 0.909 bits per heavy atom. The standard InChI is InChI=1S/C26H21FN2O4/c1-33-25(32)26(16-10-4-2-5-11-16)21-20(22(28-26)18-14-8-9-15-19(18)27)23(30)29(24(21)31)17-12-6-3-7-13-17/h2-15,20-22,28H,1H3. The summed E-state index contributed by atoms with van der Waals surface area (Å²) in [5.74, 6) is -4.38. The summed E-state index contributed by atoms with van der Waals surface area (Å²) in [6.45, 7) is 0. The van der Waals surface area contributed by atoms with Crippen molar-refractivity contribution in [3.05, 3.63) is 102 Å². The van der Waals surface area contributed by atoms with Crippen molar-refractivity contribution < 1.29 is 23.5 Å². The number of anilines is 1. The van der Waals surface area contributed by atoms with E-state index in [2.05, 4.69) is 5.32 Å². The summed E-state index contributed by atoms with van der Waals surface area (Å²) in [5.41, 5.74) is -0.572. The third-order valence-electron chi connectivity index (χ3n) is 6.55. The highest BCUT2D eigenvalue weighted by atomic mass is 19.1. The van der Waals surface area contributed by atoms with Crippen LogP contribution in [0.5, 0.6) is 0 Å². The molecule has 3 aromatic rings. The van der Waals surface area contributed by atoms with Gasteiger partial charge < -0.3 is 4.74 Å². The van der Waals surface area contributed by atoms with Crippen LogP contribution < -0.4 is 10.2 Å². The van der Waals surface area contributed by atoms with Gasteiger partial charge in [-0.05, 0) is 23.8 Å². The Hall–Kier alpha value is -3.84. The summed E-state index contributed by atoms with van der Waals surface area (Å²) < 4.78 is 20.1. The minimum absolute atomic E-state index is 0.213. The number of fused-ring (bicyclic) bond motifs is 1. The highest BCUT2D eigenvalue weighted by molar-refractivity contribution is 6.24. The molecule has 2 heterocycles. The minimum Gasteiger partial charge on any atom is -0.467 e. The van der Waals surface area contributed by atoms with E-state index < -0.39 is 47.0 Å². The van der Waals surface area contributed by atoms with Crippen molar-refractivity contribution in [2.24, 2.45) is 11.8 Å². The molecule has 2 fully saturated rings. The normalized spacial score (nSPS) is 26.4. The summed E-state index contributed by atoms with van der Waals surface area (Å²) in [5, 5.41) is 3.18. The van der Waals surface area contributed by atoms with Crippen molar-refractivity contribution in [1.29, 1.82) is 0 Å². The zero-order valence-corrected chi connectivity index (χ0v) is 17.8. The van der Waals surface area contributed by atoms with Crippen LogP contribution in [0.15, 0.2) is 84.9 Å². The summed E-state index contributed by atoms with van der Waals surface area (Å²) in [6, 6.07) is 22.4. The van der Waals surface area contributed by atoms with Crippen molar-refractivity contribution >= 4 is 23.5 Å². The van der Waals surface area contributed by atoms with E-state index in [0.29, 0.717) is 11.3 Å². The Labute approximate surface area is 190 Å². The van der Waals surface area contributed by atoms with Crippen LogP contribution in [0.3, 0.4) is 0 Å². The summed E-state index contributed by atoms with van der Waals surface area (Å²) in [6.07, 6.45) is 0. The van der Waals surface area contributed by atoms with Crippen LogP contribution in [-0.4, -0.2) is 24.9 Å². The quantitative estimate of drug-likeness (QED) is 0.494. The fourth-order valence-electron chi connectivity index (χ4n) is 5.17. The summed E-state index contributed by atoms with van der Waals surface area (Å²) in [4.78, 5) is 42.0. The Morgan fingerprint density at radius 3 is 2.15 bits per heavy atom. The molecule has 0 saturated carbocycles. The lowest BCUT2D eigenvalue weighted by Crippen LogP contribution is -2.53. The lowest BCUT2D eigenvalue weighted by Gasteiger charge is -2.33. The Balaban J connectivity index is 1.75. The molecule has 1 N–H and O–H groups in total. The van der Waals surface area contributed by atoms with Gasteiger partial charge in [0, 0.05) is 11.6 Å². The molecule has 2 aliphatic rings. The average molecular weight is 444 g/mol. The highest BCUT2D eigenvalue weighted by Crippen LogP contribution is 2.54. The van der Waals surface area contributed by atoms with E-state index in [4.69, 9.17) is 4.74 Å². The lowest BCUT2D eigenvalue weighted by atomic mass is 9.75. The van der Waals surface area contributed by atoms with E-state index in [1.165, 1.54) is 13.2 Å². The number of amides is 2. The minimum atomic E-state index is -1.66. The van der Waals surface area contributed by atoms with Gasteiger partial charge in [-0.15, -0.1) is 0 Å². The zero-order chi connectivity index (χ0) is 23.2. The van der Waals surface area contributed by atoms with Crippen molar-refractivity contribution in [2.45, 2.75) is 11.6 Å². The number of ether oxygens (including phenoxy) is 1. The first-order valence-electron chi connectivity index (χ1n) is 10.6. The van der Waals surface area contributed by atoms with Crippen LogP contribution in [0.2, 0.25) is 0 Å². The van der Waals surface area contributed by atoms with Crippen molar-refractivity contribution in [3.63, 3.8) is 0 Å². The van der Waals surface area contributed by atoms with Crippen molar-refractivity contribution in [1.82, 2.24) is 5.32 Å². The molecule has 0 aromatic heterocycles. The van der Waals surface area contributed by atoms with Gasteiger partial charge in [-0.1, -0.05) is 66.7 Å². The smallest absolute Gasteiger partial charge is 0.331 e. The number of nitrogens with one attached hydrogen (secondary N) is 1. The number of nitrogens with zero attached hydrogens (tertiary/aromatic N) is 1. The number of hydrogen-bond donors (Lipinski definition) is 1. The Bertz CT molecular complexity index is 1230. The number of carbonyl (C=O) groups is 3. The number of rotatable bonds is 4. The molecule has 5 rings (SSSR count). The van der Waals surface area contributed by atoms with E-state index >= 15 is 0 Å². The Morgan fingerprint density at radius 2 is 1.52 bits per heavy atom. The molecule has 0 spiro atoms. The van der Waals surface area contributed by atoms with Gasteiger partial charge in [-0.3, -0.25) is 14.9 Å². The molecule has 6 nitrogen and oxygen atoms in total. The average Bonchev–Trinajstić information content (AvgIpc) is 3.34. The van der Waals surface area contributed by atoms with Crippen LogP contribution >= 0.6 is 0 Å². The summed E-state index contributed by atoms with van der Waals surface area (Å²) in [7, 11) is 1.23. The SMILES string of the molecule is COC(=O)C1(c2ccccc2)NC(c2ccccc2F)C2C(=O)N(c3ccccc3)C(=O)C21. The molecule has 2 amide bonds. The molecule has 2 saturated heterocycles. The molecule has 7 heteroatoms. The number of methoxy groups -OCH3 is 1. The number of esters is 1. The maximum atomic E-state index is 14.9. The van der Waals surface area contributed by atoms with E-state index in [1.54, 1.807) is 78.9 Å². The number of benzene rings is 3. The second-order valence-corrected chi connectivity index (χ2v) is 8.16. The molecule has 166 valence electrons.